The van der Waals surface area contributed by atoms with Crippen molar-refractivity contribution in [3.05, 3.63) is 42.2 Å². The van der Waals surface area contributed by atoms with Gasteiger partial charge < -0.3 is 0 Å². The Morgan fingerprint density at radius 3 is 2.67 bits per heavy atom. The average Bonchev–Trinajstić information content (AvgIpc) is 3.19. The molecule has 4 rings (SSSR count). The molecule has 1 aromatic carbocycles. The van der Waals surface area contributed by atoms with Gasteiger partial charge in [0.1, 0.15) is 0 Å². The van der Waals surface area contributed by atoms with Crippen molar-refractivity contribution in [3.8, 4) is 0 Å². The predicted octanol–water partition coefficient (Wildman–Crippen LogP) is 1.42. The number of aromatic nitrogens is 3. The molecule has 0 fully saturated rings. The van der Waals surface area contributed by atoms with E-state index in [-0.39, 0.29) is 16.3 Å². The molecule has 124 valence electrons. The Bertz CT molecular complexity index is 993. The Kier molecular flexibility index (Phi) is 3.41. The molecular formula is C14H14N6O2S2. The molecule has 0 aliphatic carbocycles. The van der Waals surface area contributed by atoms with E-state index in [9.17, 15) is 8.42 Å². The minimum absolute atomic E-state index is 0.00274. The van der Waals surface area contributed by atoms with Gasteiger partial charge in [-0.1, -0.05) is 29.5 Å². The molecule has 0 spiro atoms. The summed E-state index contributed by atoms with van der Waals surface area (Å²) in [5.41, 5.74) is 1.81. The van der Waals surface area contributed by atoms with Gasteiger partial charge in [-0.05, 0) is 19.1 Å². The van der Waals surface area contributed by atoms with E-state index in [2.05, 4.69) is 22.1 Å². The minimum atomic E-state index is -3.81. The third-order valence-electron chi connectivity index (χ3n) is 3.91. The van der Waals surface area contributed by atoms with Gasteiger partial charge in [0.05, 0.1) is 29.5 Å². The van der Waals surface area contributed by atoms with E-state index in [1.807, 2.05) is 41.6 Å². The zero-order chi connectivity index (χ0) is 16.9. The Balaban J connectivity index is 1.64. The fourth-order valence-electron chi connectivity index (χ4n) is 2.71. The lowest BCUT2D eigenvalue weighted by molar-refractivity contribution is 0.595. The summed E-state index contributed by atoms with van der Waals surface area (Å²) < 4.78 is 24.0. The Morgan fingerprint density at radius 1 is 1.25 bits per heavy atom. The predicted molar refractivity (Wildman–Crippen MR) is 91.9 cm³/mol. The first kappa shape index (κ1) is 15.2. The molecule has 1 aliphatic heterocycles. The lowest BCUT2D eigenvalue weighted by Crippen LogP contribution is -2.28. The van der Waals surface area contributed by atoms with Crippen molar-refractivity contribution in [3.63, 3.8) is 0 Å². The first-order chi connectivity index (χ1) is 11.4. The molecule has 0 saturated heterocycles. The molecule has 0 saturated carbocycles. The highest BCUT2D eigenvalue weighted by Crippen LogP contribution is 2.31. The maximum absolute atomic E-state index is 11.4. The molecule has 1 aliphatic rings. The third kappa shape index (κ3) is 2.48. The fourth-order valence-corrected chi connectivity index (χ4v) is 4.22. The Labute approximate surface area is 142 Å². The van der Waals surface area contributed by atoms with Crippen LogP contribution in [0.15, 0.2) is 46.0 Å². The normalized spacial score (nSPS) is 21.0. The molecule has 0 bridgehead atoms. The average molecular weight is 362 g/mol. The van der Waals surface area contributed by atoms with E-state index < -0.39 is 10.0 Å². The van der Waals surface area contributed by atoms with Crippen LogP contribution < -0.4 is 10.1 Å². The maximum atomic E-state index is 11.4. The van der Waals surface area contributed by atoms with E-state index in [1.165, 1.54) is 4.52 Å². The fraction of sp³-hybridized carbons (Fsp3) is 0.214. The van der Waals surface area contributed by atoms with Gasteiger partial charge in [-0.15, -0.1) is 5.10 Å². The van der Waals surface area contributed by atoms with Crippen LogP contribution in [0.2, 0.25) is 0 Å². The number of imidazole rings is 1. The maximum Gasteiger partial charge on any atom is 0.267 e. The van der Waals surface area contributed by atoms with Crippen molar-refractivity contribution < 1.29 is 8.42 Å². The van der Waals surface area contributed by atoms with Crippen molar-refractivity contribution in [2.24, 2.45) is 10.2 Å². The summed E-state index contributed by atoms with van der Waals surface area (Å²) in [5, 5.41) is 15.5. The quantitative estimate of drug-likeness (QED) is 0.758. The van der Waals surface area contributed by atoms with E-state index in [0.29, 0.717) is 4.96 Å². The highest BCUT2D eigenvalue weighted by Gasteiger charge is 2.31. The van der Waals surface area contributed by atoms with Crippen molar-refractivity contribution in [1.82, 2.24) is 14.6 Å². The van der Waals surface area contributed by atoms with Gasteiger partial charge in [-0.25, -0.2) is 23.1 Å². The highest BCUT2D eigenvalue weighted by molar-refractivity contribution is 7.91. The van der Waals surface area contributed by atoms with Gasteiger partial charge in [-0.2, -0.15) is 5.10 Å². The second-order valence-corrected chi connectivity index (χ2v) is 8.21. The van der Waals surface area contributed by atoms with Gasteiger partial charge in [-0.3, -0.25) is 5.01 Å². The summed E-state index contributed by atoms with van der Waals surface area (Å²) in [6.45, 7) is 2.07. The number of primary sulfonamides is 1. The second kappa shape index (κ2) is 5.36. The van der Waals surface area contributed by atoms with Crippen LogP contribution in [0, 0.1) is 0 Å². The lowest BCUT2D eigenvalue weighted by atomic mass is 10.00. The summed E-state index contributed by atoms with van der Waals surface area (Å²) in [6, 6.07) is 10.00. The smallest absolute Gasteiger partial charge is 0.262 e. The molecule has 2 N–H and O–H groups in total. The number of fused-ring (bicyclic) bond motifs is 1. The van der Waals surface area contributed by atoms with Crippen LogP contribution in [0.3, 0.4) is 0 Å². The summed E-state index contributed by atoms with van der Waals surface area (Å²) in [7, 11) is -3.81. The molecule has 2 aromatic heterocycles. The summed E-state index contributed by atoms with van der Waals surface area (Å²) in [5.74, 6) is -0.00274. The van der Waals surface area contributed by atoms with Crippen LogP contribution in [0.4, 0.5) is 5.69 Å². The van der Waals surface area contributed by atoms with E-state index >= 15 is 0 Å². The summed E-state index contributed by atoms with van der Waals surface area (Å²) >= 11 is 0.952. The number of anilines is 1. The SMILES string of the molecule is CC1C(c2cn3nc(S(N)(=O)=O)sc3n2)C=NN1c1ccccc1. The molecule has 0 radical (unpaired) electrons. The topological polar surface area (TPSA) is 106 Å². The van der Waals surface area contributed by atoms with E-state index in [0.717, 1.165) is 22.7 Å². The van der Waals surface area contributed by atoms with Gasteiger partial charge in [0.15, 0.2) is 0 Å². The molecular weight excluding hydrogens is 348 g/mol. The molecule has 3 aromatic rings. The van der Waals surface area contributed by atoms with E-state index in [4.69, 9.17) is 5.14 Å². The van der Waals surface area contributed by atoms with Gasteiger partial charge in [0.2, 0.25) is 9.30 Å². The molecule has 3 heterocycles. The van der Waals surface area contributed by atoms with Crippen molar-refractivity contribution in [2.75, 3.05) is 5.01 Å². The first-order valence-corrected chi connectivity index (χ1v) is 9.57. The van der Waals surface area contributed by atoms with Crippen LogP contribution in [0.1, 0.15) is 18.5 Å². The van der Waals surface area contributed by atoms with Crippen molar-refractivity contribution in [1.29, 1.82) is 0 Å². The number of hydrogen-bond donors (Lipinski definition) is 1. The van der Waals surface area contributed by atoms with Crippen molar-refractivity contribution in [2.45, 2.75) is 23.2 Å². The Morgan fingerprint density at radius 2 is 2.00 bits per heavy atom. The Hall–Kier alpha value is -2.30. The van der Waals surface area contributed by atoms with Gasteiger partial charge >= 0.3 is 0 Å². The number of sulfonamides is 1. The van der Waals surface area contributed by atoms with Crippen LogP contribution in [-0.2, 0) is 10.0 Å². The lowest BCUT2D eigenvalue weighted by Gasteiger charge is -2.23. The summed E-state index contributed by atoms with van der Waals surface area (Å²) in [6.07, 6.45) is 3.58. The van der Waals surface area contributed by atoms with Crippen LogP contribution in [0.5, 0.6) is 0 Å². The number of nitrogens with zero attached hydrogens (tertiary/aromatic N) is 5. The van der Waals surface area contributed by atoms with Crippen LogP contribution in [-0.4, -0.2) is 35.3 Å². The van der Waals surface area contributed by atoms with Crippen molar-refractivity contribution >= 4 is 38.2 Å². The number of rotatable bonds is 3. The number of para-hydroxylation sites is 1. The van der Waals surface area contributed by atoms with Gasteiger partial charge in [0.25, 0.3) is 10.0 Å². The highest BCUT2D eigenvalue weighted by atomic mass is 32.2. The molecule has 10 heteroatoms. The summed E-state index contributed by atoms with van der Waals surface area (Å²) in [4.78, 5) is 4.98. The zero-order valence-electron chi connectivity index (χ0n) is 12.6. The number of hydrazone groups is 1. The monoisotopic (exact) mass is 362 g/mol. The zero-order valence-corrected chi connectivity index (χ0v) is 14.3. The molecule has 0 amide bonds. The van der Waals surface area contributed by atoms with Crippen LogP contribution in [0.25, 0.3) is 4.96 Å². The van der Waals surface area contributed by atoms with Gasteiger partial charge in [0, 0.05) is 6.21 Å². The number of nitrogens with two attached hydrogens (primary N) is 1. The third-order valence-corrected chi connectivity index (χ3v) is 6.14. The standard InChI is InChI=1S/C14H14N6O2S2/c1-9-11(7-16-20(9)10-5-3-2-4-6-10)12-8-19-13(17-12)23-14(18-19)24(15,21)22/h2-9,11H,1H3,(H2,15,21,22). The number of hydrogen-bond acceptors (Lipinski definition) is 7. The minimum Gasteiger partial charge on any atom is -0.262 e. The number of benzene rings is 1. The van der Waals surface area contributed by atoms with E-state index in [1.54, 1.807) is 6.20 Å². The first-order valence-electron chi connectivity index (χ1n) is 7.21. The molecule has 24 heavy (non-hydrogen) atoms. The molecule has 8 nitrogen and oxygen atoms in total. The second-order valence-electron chi connectivity index (χ2n) is 5.52. The molecule has 2 unspecified atom stereocenters. The molecule has 2 atom stereocenters. The largest absolute Gasteiger partial charge is 0.267 e. The van der Waals surface area contributed by atoms with Crippen LogP contribution >= 0.6 is 11.3 Å².